The van der Waals surface area contributed by atoms with Crippen LogP contribution in [-0.2, 0) is 9.63 Å². The quantitative estimate of drug-likeness (QED) is 0.592. The molecule has 1 fully saturated rings. The number of hydroxylamine groups is 2. The number of hydrogen-bond acceptors (Lipinski definition) is 3. The van der Waals surface area contributed by atoms with Gasteiger partial charge in [-0.15, -0.1) is 0 Å². The number of carbonyl (C=O) groups excluding carboxylic acids is 1. The SMILES string of the molecule is CON1CCCC1C(=O)N(C)C. The molecule has 12 heavy (non-hydrogen) atoms. The number of carbonyl (C=O) groups is 1. The predicted molar refractivity (Wildman–Crippen MR) is 45.4 cm³/mol. The Kier molecular flexibility index (Phi) is 3.05. The molecule has 1 amide bonds. The second kappa shape index (κ2) is 3.87. The van der Waals surface area contributed by atoms with Crippen LogP contribution in [0, 0.1) is 0 Å². The van der Waals surface area contributed by atoms with E-state index in [1.54, 1.807) is 31.2 Å². The van der Waals surface area contributed by atoms with Gasteiger partial charge >= 0.3 is 0 Å². The summed E-state index contributed by atoms with van der Waals surface area (Å²) in [6.45, 7) is 0.862. The zero-order valence-corrected chi connectivity index (χ0v) is 7.91. The van der Waals surface area contributed by atoms with Crippen LogP contribution in [0.15, 0.2) is 0 Å². The van der Waals surface area contributed by atoms with Gasteiger partial charge in [-0.2, -0.15) is 5.06 Å². The minimum Gasteiger partial charge on any atom is -0.347 e. The topological polar surface area (TPSA) is 32.8 Å². The number of rotatable bonds is 2. The molecule has 0 aromatic heterocycles. The molecule has 0 spiro atoms. The van der Waals surface area contributed by atoms with E-state index >= 15 is 0 Å². The average Bonchev–Trinajstić information content (AvgIpc) is 2.49. The van der Waals surface area contributed by atoms with Gasteiger partial charge in [0.05, 0.1) is 7.11 Å². The van der Waals surface area contributed by atoms with Gasteiger partial charge in [-0.3, -0.25) is 4.79 Å². The third-order valence-corrected chi connectivity index (χ3v) is 2.16. The third kappa shape index (κ3) is 1.76. The molecule has 0 bridgehead atoms. The lowest BCUT2D eigenvalue weighted by Gasteiger charge is -2.23. The van der Waals surface area contributed by atoms with Crippen molar-refractivity contribution in [3.63, 3.8) is 0 Å². The monoisotopic (exact) mass is 172 g/mol. The Hall–Kier alpha value is -0.610. The molecule has 1 aliphatic heterocycles. The Morgan fingerprint density at radius 1 is 1.58 bits per heavy atom. The Morgan fingerprint density at radius 3 is 2.75 bits per heavy atom. The van der Waals surface area contributed by atoms with Crippen LogP contribution in [0.1, 0.15) is 12.8 Å². The standard InChI is InChI=1S/C8H16N2O2/c1-9(2)8(11)7-5-4-6-10(7)12-3/h7H,4-6H2,1-3H3. The number of nitrogens with zero attached hydrogens (tertiary/aromatic N) is 2. The zero-order valence-electron chi connectivity index (χ0n) is 7.91. The van der Waals surface area contributed by atoms with Crippen molar-refractivity contribution >= 4 is 5.91 Å². The molecule has 1 atom stereocenters. The molecule has 0 aromatic carbocycles. The van der Waals surface area contributed by atoms with E-state index < -0.39 is 0 Å². The van der Waals surface area contributed by atoms with Crippen molar-refractivity contribution in [3.8, 4) is 0 Å². The lowest BCUT2D eigenvalue weighted by atomic mass is 10.2. The molecule has 0 aromatic rings. The highest BCUT2D eigenvalue weighted by atomic mass is 16.7. The van der Waals surface area contributed by atoms with Crippen LogP contribution in [0.2, 0.25) is 0 Å². The molecule has 4 heteroatoms. The second-order valence-corrected chi connectivity index (χ2v) is 3.21. The van der Waals surface area contributed by atoms with E-state index in [4.69, 9.17) is 4.84 Å². The molecule has 4 nitrogen and oxygen atoms in total. The van der Waals surface area contributed by atoms with Crippen LogP contribution in [0.4, 0.5) is 0 Å². The highest BCUT2D eigenvalue weighted by Crippen LogP contribution is 2.17. The number of hydrogen-bond donors (Lipinski definition) is 0. The van der Waals surface area contributed by atoms with Crippen molar-refractivity contribution in [3.05, 3.63) is 0 Å². The van der Waals surface area contributed by atoms with E-state index in [0.717, 1.165) is 19.4 Å². The van der Waals surface area contributed by atoms with Crippen LogP contribution >= 0.6 is 0 Å². The lowest BCUT2D eigenvalue weighted by Crippen LogP contribution is -2.42. The summed E-state index contributed by atoms with van der Waals surface area (Å²) in [7, 11) is 5.16. The summed E-state index contributed by atoms with van der Waals surface area (Å²) < 4.78 is 0. The van der Waals surface area contributed by atoms with Crippen molar-refractivity contribution < 1.29 is 9.63 Å². The van der Waals surface area contributed by atoms with Gasteiger partial charge in [0.25, 0.3) is 0 Å². The summed E-state index contributed by atoms with van der Waals surface area (Å²) in [4.78, 5) is 18.2. The van der Waals surface area contributed by atoms with E-state index in [0.29, 0.717) is 0 Å². The van der Waals surface area contributed by atoms with Gasteiger partial charge in [0.2, 0.25) is 5.91 Å². The fourth-order valence-electron chi connectivity index (χ4n) is 1.50. The maximum Gasteiger partial charge on any atom is 0.241 e. The molecule has 1 heterocycles. The largest absolute Gasteiger partial charge is 0.347 e. The maximum absolute atomic E-state index is 11.5. The smallest absolute Gasteiger partial charge is 0.241 e. The summed E-state index contributed by atoms with van der Waals surface area (Å²) in [6, 6.07) is -0.0648. The fourth-order valence-corrected chi connectivity index (χ4v) is 1.50. The van der Waals surface area contributed by atoms with Crippen LogP contribution in [0.3, 0.4) is 0 Å². The van der Waals surface area contributed by atoms with Crippen molar-refractivity contribution in [1.29, 1.82) is 0 Å². The molecule has 1 saturated heterocycles. The van der Waals surface area contributed by atoms with E-state index in [-0.39, 0.29) is 11.9 Å². The first-order chi connectivity index (χ1) is 5.66. The van der Waals surface area contributed by atoms with Crippen molar-refractivity contribution in [1.82, 2.24) is 9.96 Å². The van der Waals surface area contributed by atoms with Gasteiger partial charge in [-0.25, -0.2) is 0 Å². The van der Waals surface area contributed by atoms with E-state index in [1.807, 2.05) is 0 Å². The van der Waals surface area contributed by atoms with Crippen molar-refractivity contribution in [2.45, 2.75) is 18.9 Å². The summed E-state index contributed by atoms with van der Waals surface area (Å²) >= 11 is 0. The summed E-state index contributed by atoms with van der Waals surface area (Å²) in [5, 5.41) is 1.75. The van der Waals surface area contributed by atoms with Crippen molar-refractivity contribution in [2.24, 2.45) is 0 Å². The van der Waals surface area contributed by atoms with Gasteiger partial charge in [0.1, 0.15) is 6.04 Å². The normalized spacial score (nSPS) is 24.4. The highest BCUT2D eigenvalue weighted by molar-refractivity contribution is 5.81. The number of amides is 1. The van der Waals surface area contributed by atoms with E-state index in [2.05, 4.69) is 0 Å². The molecule has 1 rings (SSSR count). The molecule has 1 unspecified atom stereocenters. The molecular formula is C8H16N2O2. The first-order valence-electron chi connectivity index (χ1n) is 4.18. The Morgan fingerprint density at radius 2 is 2.25 bits per heavy atom. The van der Waals surface area contributed by atoms with Crippen LogP contribution < -0.4 is 0 Å². The molecule has 0 aliphatic carbocycles. The second-order valence-electron chi connectivity index (χ2n) is 3.21. The summed E-state index contributed by atoms with van der Waals surface area (Å²) in [5.41, 5.74) is 0. The first kappa shape index (κ1) is 9.48. The molecule has 0 radical (unpaired) electrons. The van der Waals surface area contributed by atoms with Crippen LogP contribution in [0.25, 0.3) is 0 Å². The molecule has 0 N–H and O–H groups in total. The van der Waals surface area contributed by atoms with Gasteiger partial charge in [0, 0.05) is 20.6 Å². The Labute approximate surface area is 73.0 Å². The van der Waals surface area contributed by atoms with Gasteiger partial charge in [0.15, 0.2) is 0 Å². The van der Waals surface area contributed by atoms with E-state index in [9.17, 15) is 4.79 Å². The minimum atomic E-state index is -0.0648. The molecular weight excluding hydrogens is 156 g/mol. The van der Waals surface area contributed by atoms with Crippen LogP contribution in [0.5, 0.6) is 0 Å². The predicted octanol–water partition coefficient (Wildman–Crippen LogP) is 0.100. The maximum atomic E-state index is 11.5. The minimum absolute atomic E-state index is 0.0648. The van der Waals surface area contributed by atoms with Gasteiger partial charge in [-0.05, 0) is 12.8 Å². The third-order valence-electron chi connectivity index (χ3n) is 2.16. The van der Waals surface area contributed by atoms with Crippen molar-refractivity contribution in [2.75, 3.05) is 27.7 Å². The Balaban J connectivity index is 2.55. The number of likely N-dealkylation sites (N-methyl/N-ethyl adjacent to an activating group) is 1. The molecule has 1 aliphatic rings. The highest BCUT2D eigenvalue weighted by Gasteiger charge is 2.31. The molecule has 0 saturated carbocycles. The van der Waals surface area contributed by atoms with Gasteiger partial charge < -0.3 is 9.74 Å². The average molecular weight is 172 g/mol. The lowest BCUT2D eigenvalue weighted by molar-refractivity contribution is -0.165. The van der Waals surface area contributed by atoms with Crippen LogP contribution in [-0.4, -0.2) is 49.7 Å². The summed E-state index contributed by atoms with van der Waals surface area (Å²) in [6.07, 6.45) is 1.95. The molecule has 70 valence electrons. The van der Waals surface area contributed by atoms with Gasteiger partial charge in [-0.1, -0.05) is 0 Å². The first-order valence-corrected chi connectivity index (χ1v) is 4.18. The Bertz CT molecular complexity index is 170. The fraction of sp³-hybridized carbons (Fsp3) is 0.875. The van der Waals surface area contributed by atoms with E-state index in [1.165, 1.54) is 0 Å². The zero-order chi connectivity index (χ0) is 9.14. The summed E-state index contributed by atoms with van der Waals surface area (Å²) in [5.74, 6) is 0.134.